The Morgan fingerprint density at radius 1 is 1.43 bits per heavy atom. The molecule has 0 bridgehead atoms. The maximum absolute atomic E-state index is 11.4. The molecular formula is C13H16N4O4. The topological polar surface area (TPSA) is 117 Å². The van der Waals surface area contributed by atoms with Gasteiger partial charge in [0.2, 0.25) is 0 Å². The highest BCUT2D eigenvalue weighted by molar-refractivity contribution is 5.76. The summed E-state index contributed by atoms with van der Waals surface area (Å²) >= 11 is 0. The SMILES string of the molecule is [N-]=[N+]=NCCCNC(C(=O)O)c1ccc2c(c1)OCCO2. The summed E-state index contributed by atoms with van der Waals surface area (Å²) in [6, 6.07) is 4.24. The van der Waals surface area contributed by atoms with Crippen molar-refractivity contribution in [1.29, 1.82) is 0 Å². The van der Waals surface area contributed by atoms with Crippen molar-refractivity contribution in [3.8, 4) is 11.5 Å². The molecule has 21 heavy (non-hydrogen) atoms. The number of ether oxygens (including phenoxy) is 2. The minimum Gasteiger partial charge on any atom is -0.486 e. The van der Waals surface area contributed by atoms with E-state index in [4.69, 9.17) is 15.0 Å². The molecule has 2 N–H and O–H groups in total. The maximum Gasteiger partial charge on any atom is 0.325 e. The van der Waals surface area contributed by atoms with E-state index in [0.717, 1.165) is 0 Å². The highest BCUT2D eigenvalue weighted by Gasteiger charge is 2.21. The van der Waals surface area contributed by atoms with Gasteiger partial charge in [0.15, 0.2) is 11.5 Å². The molecule has 0 fully saturated rings. The van der Waals surface area contributed by atoms with Crippen LogP contribution >= 0.6 is 0 Å². The molecule has 0 radical (unpaired) electrons. The molecule has 1 aromatic carbocycles. The van der Waals surface area contributed by atoms with E-state index in [0.29, 0.717) is 49.8 Å². The average molecular weight is 292 g/mol. The van der Waals surface area contributed by atoms with Crippen LogP contribution in [0, 0.1) is 0 Å². The number of hydrogen-bond donors (Lipinski definition) is 2. The zero-order valence-electron chi connectivity index (χ0n) is 11.4. The van der Waals surface area contributed by atoms with Crippen LogP contribution in [0.1, 0.15) is 18.0 Å². The summed E-state index contributed by atoms with van der Waals surface area (Å²) in [7, 11) is 0. The monoisotopic (exact) mass is 292 g/mol. The van der Waals surface area contributed by atoms with Crippen LogP contribution in [0.2, 0.25) is 0 Å². The predicted octanol–water partition coefficient (Wildman–Crippen LogP) is 1.87. The summed E-state index contributed by atoms with van der Waals surface area (Å²) in [5.74, 6) is 0.203. The summed E-state index contributed by atoms with van der Waals surface area (Å²) in [5.41, 5.74) is 8.76. The van der Waals surface area contributed by atoms with Crippen molar-refractivity contribution >= 4 is 5.97 Å². The van der Waals surface area contributed by atoms with Gasteiger partial charge in [-0.25, -0.2) is 0 Å². The lowest BCUT2D eigenvalue weighted by atomic mass is 10.1. The van der Waals surface area contributed by atoms with Crippen LogP contribution in [0.25, 0.3) is 10.4 Å². The van der Waals surface area contributed by atoms with Crippen molar-refractivity contribution in [3.63, 3.8) is 0 Å². The molecule has 0 amide bonds. The van der Waals surface area contributed by atoms with E-state index in [9.17, 15) is 9.90 Å². The van der Waals surface area contributed by atoms with Crippen molar-refractivity contribution in [1.82, 2.24) is 5.32 Å². The number of rotatable bonds is 7. The Kier molecular flexibility index (Phi) is 5.25. The van der Waals surface area contributed by atoms with Crippen molar-refractivity contribution in [2.24, 2.45) is 5.11 Å². The second-order valence-corrected chi connectivity index (χ2v) is 4.44. The number of nitrogens with one attached hydrogen (secondary N) is 1. The van der Waals surface area contributed by atoms with E-state index in [1.54, 1.807) is 18.2 Å². The molecule has 0 saturated heterocycles. The molecule has 8 heteroatoms. The van der Waals surface area contributed by atoms with E-state index in [2.05, 4.69) is 15.3 Å². The van der Waals surface area contributed by atoms with E-state index in [1.807, 2.05) is 0 Å². The number of carbonyl (C=O) groups is 1. The van der Waals surface area contributed by atoms with Gasteiger partial charge in [0.05, 0.1) is 0 Å². The molecule has 112 valence electrons. The number of carboxylic acid groups (broad SMARTS) is 1. The minimum atomic E-state index is -0.976. The first-order valence-electron chi connectivity index (χ1n) is 6.59. The molecule has 2 rings (SSSR count). The van der Waals surface area contributed by atoms with Gasteiger partial charge in [-0.15, -0.1) is 0 Å². The fourth-order valence-corrected chi connectivity index (χ4v) is 2.03. The second-order valence-electron chi connectivity index (χ2n) is 4.44. The van der Waals surface area contributed by atoms with Crippen LogP contribution < -0.4 is 14.8 Å². The minimum absolute atomic E-state index is 0.330. The molecular weight excluding hydrogens is 276 g/mol. The standard InChI is InChI=1S/C13H16N4O4/c14-17-16-5-1-4-15-12(13(18)19)9-2-3-10-11(8-9)21-7-6-20-10/h2-3,8,12,15H,1,4-7H2,(H,18,19). The van der Waals surface area contributed by atoms with Crippen LogP contribution in [0.3, 0.4) is 0 Å². The van der Waals surface area contributed by atoms with Gasteiger partial charge < -0.3 is 19.9 Å². The second kappa shape index (κ2) is 7.37. The molecule has 1 aromatic rings. The Labute approximate surface area is 121 Å². The first kappa shape index (κ1) is 15.0. The smallest absolute Gasteiger partial charge is 0.325 e. The molecule has 0 aromatic heterocycles. The normalized spacial score (nSPS) is 14.1. The summed E-state index contributed by atoms with van der Waals surface area (Å²) in [6.45, 7) is 1.71. The lowest BCUT2D eigenvalue weighted by Gasteiger charge is -2.21. The fraction of sp³-hybridized carbons (Fsp3) is 0.462. The highest BCUT2D eigenvalue weighted by Crippen LogP contribution is 2.32. The van der Waals surface area contributed by atoms with Crippen LogP contribution in [0.15, 0.2) is 23.3 Å². The lowest BCUT2D eigenvalue weighted by Crippen LogP contribution is -2.29. The van der Waals surface area contributed by atoms with Crippen LogP contribution in [0.5, 0.6) is 11.5 Å². The Bertz CT molecular complexity index is 557. The summed E-state index contributed by atoms with van der Waals surface area (Å²) in [6.07, 6.45) is 0.568. The third-order valence-corrected chi connectivity index (χ3v) is 2.99. The van der Waals surface area contributed by atoms with Gasteiger partial charge in [-0.05, 0) is 36.2 Å². The Hall–Kier alpha value is -2.44. The molecule has 0 spiro atoms. The third-order valence-electron chi connectivity index (χ3n) is 2.99. The zero-order valence-corrected chi connectivity index (χ0v) is 11.4. The number of hydrogen-bond acceptors (Lipinski definition) is 5. The van der Waals surface area contributed by atoms with E-state index in [1.165, 1.54) is 0 Å². The Morgan fingerprint density at radius 3 is 2.90 bits per heavy atom. The van der Waals surface area contributed by atoms with Crippen molar-refractivity contribution in [2.75, 3.05) is 26.3 Å². The molecule has 0 aliphatic carbocycles. The predicted molar refractivity (Wildman–Crippen MR) is 74.4 cm³/mol. The summed E-state index contributed by atoms with van der Waals surface area (Å²) < 4.78 is 10.9. The highest BCUT2D eigenvalue weighted by atomic mass is 16.6. The van der Waals surface area contributed by atoms with Crippen LogP contribution in [-0.4, -0.2) is 37.4 Å². The molecule has 1 heterocycles. The summed E-state index contributed by atoms with van der Waals surface area (Å²) in [5, 5.41) is 15.6. The van der Waals surface area contributed by atoms with E-state index >= 15 is 0 Å². The number of azide groups is 1. The number of benzene rings is 1. The van der Waals surface area contributed by atoms with Gasteiger partial charge in [0.1, 0.15) is 19.3 Å². The fourth-order valence-electron chi connectivity index (χ4n) is 2.03. The van der Waals surface area contributed by atoms with Gasteiger partial charge >= 0.3 is 5.97 Å². The third kappa shape index (κ3) is 4.01. The number of fused-ring (bicyclic) bond motifs is 1. The van der Waals surface area contributed by atoms with E-state index in [-0.39, 0.29) is 0 Å². The molecule has 8 nitrogen and oxygen atoms in total. The maximum atomic E-state index is 11.4. The van der Waals surface area contributed by atoms with Gasteiger partial charge in [-0.3, -0.25) is 4.79 Å². The van der Waals surface area contributed by atoms with Gasteiger partial charge in [-0.2, -0.15) is 0 Å². The summed E-state index contributed by atoms with van der Waals surface area (Å²) in [4.78, 5) is 14.0. The Morgan fingerprint density at radius 2 is 2.19 bits per heavy atom. The first-order chi connectivity index (χ1) is 10.2. The number of carboxylic acids is 1. The van der Waals surface area contributed by atoms with Crippen molar-refractivity contribution in [2.45, 2.75) is 12.5 Å². The largest absolute Gasteiger partial charge is 0.486 e. The van der Waals surface area contributed by atoms with E-state index < -0.39 is 12.0 Å². The Balaban J connectivity index is 2.03. The van der Waals surface area contributed by atoms with Crippen molar-refractivity contribution < 1.29 is 19.4 Å². The average Bonchev–Trinajstić information content (AvgIpc) is 2.50. The number of nitrogens with zero attached hydrogens (tertiary/aromatic N) is 3. The molecule has 1 unspecified atom stereocenters. The zero-order chi connectivity index (χ0) is 15.1. The quantitative estimate of drug-likeness (QED) is 0.344. The van der Waals surface area contributed by atoms with Gasteiger partial charge in [-0.1, -0.05) is 11.2 Å². The lowest BCUT2D eigenvalue weighted by molar-refractivity contribution is -0.139. The molecule has 0 saturated carbocycles. The van der Waals surface area contributed by atoms with Gasteiger partial charge in [0, 0.05) is 11.5 Å². The number of aliphatic carboxylic acids is 1. The van der Waals surface area contributed by atoms with Crippen LogP contribution in [-0.2, 0) is 4.79 Å². The van der Waals surface area contributed by atoms with Crippen molar-refractivity contribution in [3.05, 3.63) is 34.2 Å². The van der Waals surface area contributed by atoms with Crippen LogP contribution in [0.4, 0.5) is 0 Å². The molecule has 1 atom stereocenters. The molecule has 1 aliphatic heterocycles. The van der Waals surface area contributed by atoms with Gasteiger partial charge in [0.25, 0.3) is 0 Å². The molecule has 1 aliphatic rings. The first-order valence-corrected chi connectivity index (χ1v) is 6.59.